The Kier molecular flexibility index (Phi) is 5.38. The Morgan fingerprint density at radius 2 is 2.36 bits per heavy atom. The zero-order valence-electron chi connectivity index (χ0n) is 12.6. The van der Waals surface area contributed by atoms with Crippen LogP contribution in [0.3, 0.4) is 0 Å². The molecule has 1 aliphatic rings. The third kappa shape index (κ3) is 3.77. The van der Waals surface area contributed by atoms with Gasteiger partial charge in [0, 0.05) is 23.4 Å². The molecule has 112 valence electrons. The van der Waals surface area contributed by atoms with Crippen LogP contribution in [0.5, 0.6) is 0 Å². The van der Waals surface area contributed by atoms with Crippen molar-refractivity contribution < 1.29 is 4.79 Å². The lowest BCUT2D eigenvalue weighted by Gasteiger charge is -2.23. The minimum atomic E-state index is -0.269. The molecule has 1 N–H and O–H groups in total. The van der Waals surface area contributed by atoms with E-state index in [2.05, 4.69) is 28.4 Å². The maximum absolute atomic E-state index is 12.3. The minimum absolute atomic E-state index is 0.269. The zero-order valence-corrected chi connectivity index (χ0v) is 13.4. The molecule has 0 aromatic carbocycles. The normalized spacial score (nSPS) is 16.0. The quantitative estimate of drug-likeness (QED) is 0.513. The van der Waals surface area contributed by atoms with Crippen LogP contribution in [-0.2, 0) is 0 Å². The van der Waals surface area contributed by atoms with E-state index in [1.54, 1.807) is 11.5 Å². The molecule has 6 heteroatoms. The minimum Gasteiger partial charge on any atom is -0.366 e. The number of amides is 1. The maximum atomic E-state index is 12.3. The lowest BCUT2D eigenvalue weighted by atomic mass is 10.2. The number of rotatable bonds is 5. The molecule has 1 aliphatic heterocycles. The van der Waals surface area contributed by atoms with Crippen molar-refractivity contribution in [2.75, 3.05) is 13.1 Å². The first-order valence-corrected chi connectivity index (χ1v) is 7.86. The Hall–Kier alpha value is -2.08. The van der Waals surface area contributed by atoms with Gasteiger partial charge in [-0.25, -0.2) is 4.98 Å². The van der Waals surface area contributed by atoms with Crippen molar-refractivity contribution in [1.29, 1.82) is 0 Å². The zero-order chi connectivity index (χ0) is 16.1. The number of hydrogen-bond acceptors (Lipinski definition) is 4. The first kappa shape index (κ1) is 16.3. The average Bonchev–Trinajstić information content (AvgIpc) is 3.11. The summed E-state index contributed by atoms with van der Waals surface area (Å²) in [5.41, 5.74) is 3.16. The molecule has 1 fully saturated rings. The van der Waals surface area contributed by atoms with Crippen LogP contribution in [0, 0.1) is 0 Å². The molecule has 0 atom stereocenters. The first-order valence-electron chi connectivity index (χ1n) is 6.98. The highest BCUT2D eigenvalue weighted by molar-refractivity contribution is 7.17. The number of likely N-dealkylation sites (tertiary alicyclic amines) is 1. The van der Waals surface area contributed by atoms with Gasteiger partial charge >= 0.3 is 0 Å². The van der Waals surface area contributed by atoms with E-state index in [-0.39, 0.29) is 5.91 Å². The van der Waals surface area contributed by atoms with Gasteiger partial charge in [-0.3, -0.25) is 4.79 Å². The Morgan fingerprint density at radius 1 is 1.59 bits per heavy atom. The second-order valence-corrected chi connectivity index (χ2v) is 5.83. The van der Waals surface area contributed by atoms with Gasteiger partial charge in [0.1, 0.15) is 5.69 Å². The van der Waals surface area contributed by atoms with Gasteiger partial charge in [-0.2, -0.15) is 0 Å². The number of carbonyl (C=O) groups is 1. The molecule has 1 saturated heterocycles. The molecule has 0 aliphatic carbocycles. The van der Waals surface area contributed by atoms with Crippen LogP contribution < -0.4 is 10.2 Å². The van der Waals surface area contributed by atoms with Gasteiger partial charge in [0.2, 0.25) is 0 Å². The molecule has 1 aromatic heterocycles. The highest BCUT2D eigenvalue weighted by Gasteiger charge is 2.21. The molecule has 0 saturated carbocycles. The highest BCUT2D eigenvalue weighted by Crippen LogP contribution is 2.22. The Labute approximate surface area is 136 Å². The summed E-state index contributed by atoms with van der Waals surface area (Å²) in [6.07, 6.45) is 6.43. The monoisotopic (exact) mass is 311 g/mol. The van der Waals surface area contributed by atoms with Crippen LogP contribution in [0.4, 0.5) is 0 Å². The van der Waals surface area contributed by atoms with Gasteiger partial charge in [0.05, 0.1) is 11.4 Å². The molecule has 2 radical (unpaired) electrons. The van der Waals surface area contributed by atoms with Gasteiger partial charge in [0.25, 0.3) is 5.91 Å². The van der Waals surface area contributed by atoms with Crippen LogP contribution in [0.1, 0.15) is 23.8 Å². The molecule has 0 bridgehead atoms. The topological polar surface area (TPSA) is 45.2 Å². The molecule has 4 nitrogen and oxygen atoms in total. The fourth-order valence-electron chi connectivity index (χ4n) is 2.27. The molecule has 1 amide bonds. The van der Waals surface area contributed by atoms with Crippen LogP contribution in [0.2, 0.25) is 0 Å². The van der Waals surface area contributed by atoms with E-state index in [0.717, 1.165) is 30.9 Å². The number of carbonyl (C=O) groups excluding carboxylic acids is 1. The van der Waals surface area contributed by atoms with Crippen LogP contribution in [0.25, 0.3) is 0 Å². The Bertz CT molecular complexity index is 660. The predicted molar refractivity (Wildman–Crippen MR) is 92.3 cm³/mol. The van der Waals surface area contributed by atoms with E-state index in [4.69, 9.17) is 7.85 Å². The highest BCUT2D eigenvalue weighted by atomic mass is 32.1. The van der Waals surface area contributed by atoms with E-state index in [9.17, 15) is 4.79 Å². The van der Waals surface area contributed by atoms with Crippen molar-refractivity contribution in [2.24, 2.45) is 0 Å². The van der Waals surface area contributed by atoms with Gasteiger partial charge in [-0.1, -0.05) is 30.9 Å². The van der Waals surface area contributed by atoms with Crippen molar-refractivity contribution in [3.8, 4) is 0 Å². The second-order valence-electron chi connectivity index (χ2n) is 4.94. The summed E-state index contributed by atoms with van der Waals surface area (Å²) in [6.45, 7) is 11.3. The number of allylic oxidation sites excluding steroid dienone is 3. The lowest BCUT2D eigenvalue weighted by Crippen LogP contribution is -2.30. The summed E-state index contributed by atoms with van der Waals surface area (Å²) in [5.74, 6) is -0.269. The van der Waals surface area contributed by atoms with Crippen LogP contribution in [-0.4, -0.2) is 36.7 Å². The smallest absolute Gasteiger partial charge is 0.275 e. The summed E-state index contributed by atoms with van der Waals surface area (Å²) in [4.78, 5) is 18.8. The fraction of sp³-hybridized carbons (Fsp3) is 0.250. The van der Waals surface area contributed by atoms with Crippen molar-refractivity contribution in [3.63, 3.8) is 0 Å². The molecular formula is C16H18BN3OS. The summed E-state index contributed by atoms with van der Waals surface area (Å²) in [5, 5.41) is 4.54. The SMILES string of the molecule is [B]c1nc(C(=O)NC(=C/C)/C(=C\C=C)N2CCC(=C)C2)cs1. The third-order valence-corrected chi connectivity index (χ3v) is 4.01. The van der Waals surface area contributed by atoms with Crippen LogP contribution >= 0.6 is 11.3 Å². The van der Waals surface area contributed by atoms with Crippen molar-refractivity contribution in [2.45, 2.75) is 13.3 Å². The van der Waals surface area contributed by atoms with Gasteiger partial charge in [0.15, 0.2) is 7.85 Å². The predicted octanol–water partition coefficient (Wildman–Crippen LogP) is 1.90. The largest absolute Gasteiger partial charge is 0.366 e. The van der Waals surface area contributed by atoms with E-state index in [1.807, 2.05) is 19.1 Å². The molecule has 2 rings (SSSR count). The van der Waals surface area contributed by atoms with E-state index >= 15 is 0 Å². The van der Waals surface area contributed by atoms with Crippen molar-refractivity contribution >= 4 is 30.0 Å². The number of hydrogen-bond donors (Lipinski definition) is 1. The summed E-state index contributed by atoms with van der Waals surface area (Å²) >= 11 is 1.25. The molecule has 0 unspecified atom stereocenters. The average molecular weight is 311 g/mol. The van der Waals surface area contributed by atoms with E-state index < -0.39 is 0 Å². The van der Waals surface area contributed by atoms with E-state index in [1.165, 1.54) is 16.9 Å². The first-order chi connectivity index (χ1) is 10.5. The number of thiazole rings is 1. The number of nitrogens with zero attached hydrogens (tertiary/aromatic N) is 2. The van der Waals surface area contributed by atoms with Crippen molar-refractivity contribution in [3.05, 3.63) is 59.4 Å². The Morgan fingerprint density at radius 3 is 2.86 bits per heavy atom. The number of nitrogens with one attached hydrogen (secondary N) is 1. The molecule has 22 heavy (non-hydrogen) atoms. The third-order valence-electron chi connectivity index (χ3n) is 3.33. The maximum Gasteiger partial charge on any atom is 0.275 e. The number of aromatic nitrogens is 1. The van der Waals surface area contributed by atoms with Crippen molar-refractivity contribution in [1.82, 2.24) is 15.2 Å². The summed E-state index contributed by atoms with van der Waals surface area (Å²) < 4.78 is 0. The second kappa shape index (κ2) is 7.27. The van der Waals surface area contributed by atoms with Gasteiger partial charge < -0.3 is 10.2 Å². The van der Waals surface area contributed by atoms with Gasteiger partial charge in [-0.05, 0) is 19.4 Å². The lowest BCUT2D eigenvalue weighted by molar-refractivity contribution is 0.0961. The molecular weight excluding hydrogens is 293 g/mol. The summed E-state index contributed by atoms with van der Waals surface area (Å²) in [7, 11) is 5.57. The van der Waals surface area contributed by atoms with E-state index in [0.29, 0.717) is 10.6 Å². The molecule has 2 heterocycles. The molecule has 1 aromatic rings. The van der Waals surface area contributed by atoms with Gasteiger partial charge in [-0.15, -0.1) is 11.3 Å². The standard InChI is InChI=1S/C16H18BN3OS/c1-4-6-14(20-8-7-11(3)9-20)12(5-2)18-15(21)13-10-22-16(17)19-13/h4-6,10H,1,3,7-9H2,2H3,(H,18,21)/b12-5+,14-6+. The van der Waals surface area contributed by atoms with Crippen LogP contribution in [0.15, 0.2) is 53.7 Å². The molecule has 0 spiro atoms. The summed E-state index contributed by atoms with van der Waals surface area (Å²) in [6, 6.07) is 0. The Balaban J connectivity index is 2.18. The fourth-order valence-corrected chi connectivity index (χ4v) is 2.81.